The molecule has 74 valence electrons. The molecule has 1 rings (SSSR count). The van der Waals surface area contributed by atoms with Gasteiger partial charge in [0.25, 0.3) is 0 Å². The van der Waals surface area contributed by atoms with E-state index in [1.165, 1.54) is 0 Å². The van der Waals surface area contributed by atoms with Gasteiger partial charge in [-0.25, -0.2) is 0 Å². The van der Waals surface area contributed by atoms with Crippen LogP contribution in [0.25, 0.3) is 0 Å². The van der Waals surface area contributed by atoms with E-state index in [0.717, 1.165) is 5.75 Å². The first-order valence-corrected chi connectivity index (χ1v) is 4.56. The average Bonchev–Trinajstić information content (AvgIpc) is 2.19. The number of hydrogen-bond donors (Lipinski definition) is 1. The Hall–Kier alpha value is -1.53. The molecule has 0 amide bonds. The first-order chi connectivity index (χ1) is 6.63. The summed E-state index contributed by atoms with van der Waals surface area (Å²) in [6.07, 6.45) is -0.0251. The van der Waals surface area contributed by atoms with Crippen LogP contribution in [0.1, 0.15) is 19.4 Å². The van der Waals surface area contributed by atoms with Gasteiger partial charge in [-0.15, -0.1) is 0 Å². The van der Waals surface area contributed by atoms with Crippen LogP contribution in [0.2, 0.25) is 0 Å². The van der Waals surface area contributed by atoms with E-state index in [4.69, 9.17) is 15.7 Å². The maximum atomic E-state index is 8.59. The zero-order chi connectivity index (χ0) is 10.6. The molecule has 3 nitrogen and oxygen atoms in total. The quantitative estimate of drug-likeness (QED) is 0.788. The molecule has 0 saturated carbocycles. The molecule has 0 bridgehead atoms. The molecule has 1 aromatic rings. The Morgan fingerprint density at radius 3 is 2.29 bits per heavy atom. The highest BCUT2D eigenvalue weighted by molar-refractivity contribution is 5.34. The van der Waals surface area contributed by atoms with Crippen molar-refractivity contribution in [2.45, 2.75) is 26.0 Å². The molecule has 0 fully saturated rings. The number of nitrogens with two attached hydrogens (primary N) is 1. The Kier molecular flexibility index (Phi) is 3.49. The van der Waals surface area contributed by atoms with E-state index in [-0.39, 0.29) is 12.1 Å². The summed E-state index contributed by atoms with van der Waals surface area (Å²) < 4.78 is 5.54. The second-order valence-corrected chi connectivity index (χ2v) is 3.32. The van der Waals surface area contributed by atoms with Crippen LogP contribution in [0.5, 0.6) is 5.75 Å². The Balaban J connectivity index is 2.65. The first-order valence-electron chi connectivity index (χ1n) is 4.56. The molecular formula is C11H14N2O. The van der Waals surface area contributed by atoms with E-state index in [0.29, 0.717) is 5.56 Å². The Bertz CT molecular complexity index is 324. The molecule has 0 spiro atoms. The van der Waals surface area contributed by atoms with E-state index in [9.17, 15) is 0 Å². The lowest BCUT2D eigenvalue weighted by Crippen LogP contribution is -2.33. The SMILES string of the molecule is CC(N)C(C)Oc1ccc(C#N)cc1. The van der Waals surface area contributed by atoms with E-state index >= 15 is 0 Å². The molecule has 0 radical (unpaired) electrons. The normalized spacial score (nSPS) is 14.1. The van der Waals surface area contributed by atoms with E-state index < -0.39 is 0 Å². The van der Waals surface area contributed by atoms with Crippen molar-refractivity contribution in [2.24, 2.45) is 5.73 Å². The predicted molar refractivity (Wildman–Crippen MR) is 54.9 cm³/mol. The zero-order valence-corrected chi connectivity index (χ0v) is 8.40. The van der Waals surface area contributed by atoms with Crippen LogP contribution < -0.4 is 10.5 Å². The fraction of sp³-hybridized carbons (Fsp3) is 0.364. The number of nitrogens with zero attached hydrogens (tertiary/aromatic N) is 1. The topological polar surface area (TPSA) is 59.0 Å². The molecule has 0 saturated heterocycles. The number of nitriles is 1. The van der Waals surface area contributed by atoms with Gasteiger partial charge < -0.3 is 10.5 Å². The van der Waals surface area contributed by atoms with Gasteiger partial charge in [-0.1, -0.05) is 0 Å². The van der Waals surface area contributed by atoms with Gasteiger partial charge in [0.15, 0.2) is 0 Å². The van der Waals surface area contributed by atoms with E-state index in [1.54, 1.807) is 24.3 Å². The Morgan fingerprint density at radius 1 is 1.29 bits per heavy atom. The first kappa shape index (κ1) is 10.6. The molecule has 3 heteroatoms. The molecule has 2 atom stereocenters. The van der Waals surface area contributed by atoms with Crippen molar-refractivity contribution in [1.29, 1.82) is 5.26 Å². The summed E-state index contributed by atoms with van der Waals surface area (Å²) in [5.41, 5.74) is 6.29. The van der Waals surface area contributed by atoms with Crippen LogP contribution in [0.4, 0.5) is 0 Å². The lowest BCUT2D eigenvalue weighted by Gasteiger charge is -2.17. The van der Waals surface area contributed by atoms with Gasteiger partial charge in [0.2, 0.25) is 0 Å². The minimum absolute atomic E-state index is 0.00866. The molecule has 0 aliphatic carbocycles. The molecule has 0 aliphatic rings. The van der Waals surface area contributed by atoms with Gasteiger partial charge in [-0.2, -0.15) is 5.26 Å². The highest BCUT2D eigenvalue weighted by Crippen LogP contribution is 2.13. The number of hydrogen-bond acceptors (Lipinski definition) is 3. The van der Waals surface area contributed by atoms with E-state index in [1.807, 2.05) is 13.8 Å². The third kappa shape index (κ3) is 2.75. The summed E-state index contributed by atoms with van der Waals surface area (Å²) >= 11 is 0. The zero-order valence-electron chi connectivity index (χ0n) is 8.40. The fourth-order valence-corrected chi connectivity index (χ4v) is 0.930. The number of rotatable bonds is 3. The van der Waals surface area contributed by atoms with Gasteiger partial charge in [-0.05, 0) is 38.1 Å². The summed E-state index contributed by atoms with van der Waals surface area (Å²) in [6, 6.07) is 9.04. The predicted octanol–water partition coefficient (Wildman–Crippen LogP) is 1.67. The van der Waals surface area contributed by atoms with Gasteiger partial charge in [0.05, 0.1) is 11.6 Å². The number of ether oxygens (including phenoxy) is 1. The largest absolute Gasteiger partial charge is 0.489 e. The summed E-state index contributed by atoms with van der Waals surface area (Å²) in [5.74, 6) is 0.744. The maximum Gasteiger partial charge on any atom is 0.119 e. The molecule has 1 aromatic carbocycles. The second-order valence-electron chi connectivity index (χ2n) is 3.32. The Morgan fingerprint density at radius 2 is 1.86 bits per heavy atom. The van der Waals surface area contributed by atoms with Crippen LogP contribution in [-0.4, -0.2) is 12.1 Å². The lowest BCUT2D eigenvalue weighted by molar-refractivity contribution is 0.196. The van der Waals surface area contributed by atoms with Crippen LogP contribution in [-0.2, 0) is 0 Å². The smallest absolute Gasteiger partial charge is 0.119 e. The summed E-state index contributed by atoms with van der Waals surface area (Å²) in [4.78, 5) is 0. The van der Waals surface area contributed by atoms with Crippen molar-refractivity contribution >= 4 is 0 Å². The van der Waals surface area contributed by atoms with Crippen LogP contribution in [0, 0.1) is 11.3 Å². The van der Waals surface area contributed by atoms with Crippen LogP contribution >= 0.6 is 0 Å². The third-order valence-corrected chi connectivity index (χ3v) is 2.05. The molecule has 14 heavy (non-hydrogen) atoms. The monoisotopic (exact) mass is 190 g/mol. The minimum Gasteiger partial charge on any atom is -0.489 e. The molecule has 0 aromatic heterocycles. The van der Waals surface area contributed by atoms with E-state index in [2.05, 4.69) is 6.07 Å². The molecule has 0 aliphatic heterocycles. The Labute approximate surface area is 84.1 Å². The van der Waals surface area contributed by atoms with Crippen LogP contribution in [0.15, 0.2) is 24.3 Å². The molecule has 2 N–H and O–H groups in total. The van der Waals surface area contributed by atoms with Crippen molar-refractivity contribution in [1.82, 2.24) is 0 Å². The van der Waals surface area contributed by atoms with Gasteiger partial charge in [0, 0.05) is 6.04 Å². The van der Waals surface area contributed by atoms with Crippen molar-refractivity contribution in [3.8, 4) is 11.8 Å². The van der Waals surface area contributed by atoms with Crippen molar-refractivity contribution in [2.75, 3.05) is 0 Å². The third-order valence-electron chi connectivity index (χ3n) is 2.05. The second kappa shape index (κ2) is 4.64. The van der Waals surface area contributed by atoms with Gasteiger partial charge >= 0.3 is 0 Å². The van der Waals surface area contributed by atoms with Gasteiger partial charge in [0.1, 0.15) is 11.9 Å². The highest BCUT2D eigenvalue weighted by Gasteiger charge is 2.08. The molecule has 0 heterocycles. The van der Waals surface area contributed by atoms with Gasteiger partial charge in [-0.3, -0.25) is 0 Å². The standard InChI is InChI=1S/C11H14N2O/c1-8(13)9(2)14-11-5-3-10(7-12)4-6-11/h3-6,8-9H,13H2,1-2H3. The number of benzene rings is 1. The maximum absolute atomic E-state index is 8.59. The van der Waals surface area contributed by atoms with Crippen LogP contribution in [0.3, 0.4) is 0 Å². The molecular weight excluding hydrogens is 176 g/mol. The minimum atomic E-state index is -0.0251. The summed E-state index contributed by atoms with van der Waals surface area (Å²) in [5, 5.41) is 8.59. The highest BCUT2D eigenvalue weighted by atomic mass is 16.5. The average molecular weight is 190 g/mol. The summed E-state index contributed by atoms with van der Waals surface area (Å²) in [7, 11) is 0. The lowest BCUT2D eigenvalue weighted by atomic mass is 10.2. The fourth-order valence-electron chi connectivity index (χ4n) is 0.930. The van der Waals surface area contributed by atoms with Crippen molar-refractivity contribution in [3.63, 3.8) is 0 Å². The van der Waals surface area contributed by atoms with Crippen molar-refractivity contribution in [3.05, 3.63) is 29.8 Å². The van der Waals surface area contributed by atoms with Crippen molar-refractivity contribution < 1.29 is 4.74 Å². The summed E-state index contributed by atoms with van der Waals surface area (Å²) in [6.45, 7) is 3.82. The molecule has 2 unspecified atom stereocenters.